The molecule has 0 bridgehead atoms. The topological polar surface area (TPSA) is 67.2 Å². The number of nitrogens with zero attached hydrogens (tertiary/aromatic N) is 3. The fourth-order valence-electron chi connectivity index (χ4n) is 3.60. The SMILES string of the molecule is Cc1cc(C)n(C2CN(C(=O)C3Cc4ccccc4C(=O)N3)C2)n1. The molecule has 6 nitrogen and oxygen atoms in total. The van der Waals surface area contributed by atoms with Crippen molar-refractivity contribution in [1.29, 1.82) is 0 Å². The molecule has 0 radical (unpaired) electrons. The van der Waals surface area contributed by atoms with Crippen molar-refractivity contribution in [3.05, 3.63) is 52.8 Å². The van der Waals surface area contributed by atoms with Gasteiger partial charge in [-0.1, -0.05) is 18.2 Å². The summed E-state index contributed by atoms with van der Waals surface area (Å²) < 4.78 is 1.99. The van der Waals surface area contributed by atoms with Crippen molar-refractivity contribution in [2.75, 3.05) is 13.1 Å². The Morgan fingerprint density at radius 1 is 1.25 bits per heavy atom. The van der Waals surface area contributed by atoms with Crippen LogP contribution >= 0.6 is 0 Å². The number of amides is 2. The van der Waals surface area contributed by atoms with Crippen LogP contribution in [-0.4, -0.2) is 45.6 Å². The number of carbonyl (C=O) groups is 2. The summed E-state index contributed by atoms with van der Waals surface area (Å²) in [6, 6.07) is 9.28. The number of rotatable bonds is 2. The summed E-state index contributed by atoms with van der Waals surface area (Å²) in [5.74, 6) is -0.165. The van der Waals surface area contributed by atoms with E-state index in [0.29, 0.717) is 25.1 Å². The Balaban J connectivity index is 1.43. The van der Waals surface area contributed by atoms with Gasteiger partial charge in [-0.05, 0) is 31.5 Å². The fourth-order valence-corrected chi connectivity index (χ4v) is 3.60. The standard InChI is InChI=1S/C18H20N4O2/c1-11-7-12(2)22(20-11)14-9-21(10-14)18(24)16-8-13-5-3-4-6-15(13)17(23)19-16/h3-7,14,16H,8-10H2,1-2H3,(H,19,23). The molecule has 0 spiro atoms. The summed E-state index contributed by atoms with van der Waals surface area (Å²) in [4.78, 5) is 26.7. The third kappa shape index (κ3) is 2.38. The Hall–Kier alpha value is -2.63. The number of aryl methyl sites for hydroxylation is 2. The van der Waals surface area contributed by atoms with Gasteiger partial charge < -0.3 is 10.2 Å². The molecule has 1 N–H and O–H groups in total. The summed E-state index contributed by atoms with van der Waals surface area (Å²) in [5.41, 5.74) is 3.72. The molecule has 1 aromatic carbocycles. The van der Waals surface area contributed by atoms with E-state index in [1.807, 2.05) is 42.8 Å². The molecule has 1 unspecified atom stereocenters. The molecule has 2 aromatic rings. The second kappa shape index (κ2) is 5.47. The molecule has 4 rings (SSSR count). The normalized spacial score (nSPS) is 20.3. The van der Waals surface area contributed by atoms with Crippen LogP contribution in [0.5, 0.6) is 0 Å². The van der Waals surface area contributed by atoms with Gasteiger partial charge in [0, 0.05) is 30.8 Å². The maximum absolute atomic E-state index is 12.7. The van der Waals surface area contributed by atoms with Crippen LogP contribution in [-0.2, 0) is 11.2 Å². The highest BCUT2D eigenvalue weighted by Crippen LogP contribution is 2.25. The first-order valence-electron chi connectivity index (χ1n) is 8.23. The molecule has 124 valence electrons. The molecule has 24 heavy (non-hydrogen) atoms. The zero-order valence-electron chi connectivity index (χ0n) is 13.8. The van der Waals surface area contributed by atoms with Crippen molar-refractivity contribution < 1.29 is 9.59 Å². The van der Waals surface area contributed by atoms with E-state index in [-0.39, 0.29) is 17.9 Å². The van der Waals surface area contributed by atoms with E-state index in [1.165, 1.54) is 0 Å². The van der Waals surface area contributed by atoms with Gasteiger partial charge in [-0.2, -0.15) is 5.10 Å². The van der Waals surface area contributed by atoms with Gasteiger partial charge in [0.1, 0.15) is 6.04 Å². The van der Waals surface area contributed by atoms with Crippen molar-refractivity contribution >= 4 is 11.8 Å². The largest absolute Gasteiger partial charge is 0.340 e. The third-order valence-corrected chi connectivity index (χ3v) is 4.85. The number of hydrogen-bond acceptors (Lipinski definition) is 3. The van der Waals surface area contributed by atoms with Crippen LogP contribution in [0.3, 0.4) is 0 Å². The highest BCUT2D eigenvalue weighted by Gasteiger charge is 2.38. The predicted molar refractivity (Wildman–Crippen MR) is 88.7 cm³/mol. The fraction of sp³-hybridized carbons (Fsp3) is 0.389. The maximum Gasteiger partial charge on any atom is 0.252 e. The quantitative estimate of drug-likeness (QED) is 0.904. The minimum absolute atomic E-state index is 0.00404. The summed E-state index contributed by atoms with van der Waals surface area (Å²) in [5, 5.41) is 7.33. The molecule has 1 fully saturated rings. The van der Waals surface area contributed by atoms with Gasteiger partial charge in [0.15, 0.2) is 0 Å². The molecule has 3 heterocycles. The predicted octanol–water partition coefficient (Wildman–Crippen LogP) is 1.24. The van der Waals surface area contributed by atoms with Crippen molar-refractivity contribution in [2.45, 2.75) is 32.4 Å². The number of nitrogens with one attached hydrogen (secondary N) is 1. The number of benzene rings is 1. The van der Waals surface area contributed by atoms with Crippen molar-refractivity contribution in [3.63, 3.8) is 0 Å². The second-order valence-corrected chi connectivity index (χ2v) is 6.66. The third-order valence-electron chi connectivity index (χ3n) is 4.85. The van der Waals surface area contributed by atoms with Crippen molar-refractivity contribution in [3.8, 4) is 0 Å². The van der Waals surface area contributed by atoms with Gasteiger partial charge in [0.25, 0.3) is 5.91 Å². The molecule has 1 atom stereocenters. The van der Waals surface area contributed by atoms with E-state index in [4.69, 9.17) is 0 Å². The van der Waals surface area contributed by atoms with Crippen LogP contribution < -0.4 is 5.32 Å². The lowest BCUT2D eigenvalue weighted by atomic mass is 9.93. The van der Waals surface area contributed by atoms with E-state index >= 15 is 0 Å². The minimum atomic E-state index is -0.464. The lowest BCUT2D eigenvalue weighted by molar-refractivity contribution is -0.139. The van der Waals surface area contributed by atoms with Crippen molar-refractivity contribution in [1.82, 2.24) is 20.0 Å². The lowest BCUT2D eigenvalue weighted by Crippen LogP contribution is -2.59. The van der Waals surface area contributed by atoms with Gasteiger partial charge in [-0.25, -0.2) is 0 Å². The number of carbonyl (C=O) groups excluding carboxylic acids is 2. The second-order valence-electron chi connectivity index (χ2n) is 6.66. The van der Waals surface area contributed by atoms with Crippen LogP contribution in [0.2, 0.25) is 0 Å². The van der Waals surface area contributed by atoms with Crippen LogP contribution in [0.15, 0.2) is 30.3 Å². The Bertz CT molecular complexity index is 820. The summed E-state index contributed by atoms with van der Waals surface area (Å²) in [6.07, 6.45) is 0.557. The number of aromatic nitrogens is 2. The van der Waals surface area contributed by atoms with Crippen LogP contribution in [0.25, 0.3) is 0 Å². The molecular weight excluding hydrogens is 304 g/mol. The zero-order valence-corrected chi connectivity index (χ0v) is 13.8. The average Bonchev–Trinajstić information content (AvgIpc) is 2.84. The first-order chi connectivity index (χ1) is 11.5. The van der Waals surface area contributed by atoms with E-state index in [9.17, 15) is 9.59 Å². The number of fused-ring (bicyclic) bond motifs is 1. The van der Waals surface area contributed by atoms with Crippen LogP contribution in [0.4, 0.5) is 0 Å². The molecule has 1 aromatic heterocycles. The smallest absolute Gasteiger partial charge is 0.252 e. The molecule has 2 amide bonds. The van der Waals surface area contributed by atoms with Crippen LogP contribution in [0.1, 0.15) is 33.4 Å². The van der Waals surface area contributed by atoms with Crippen molar-refractivity contribution in [2.24, 2.45) is 0 Å². The van der Waals surface area contributed by atoms with Gasteiger partial charge in [-0.15, -0.1) is 0 Å². The number of hydrogen-bond donors (Lipinski definition) is 1. The summed E-state index contributed by atoms with van der Waals surface area (Å²) in [7, 11) is 0. The summed E-state index contributed by atoms with van der Waals surface area (Å²) in [6.45, 7) is 5.30. The highest BCUT2D eigenvalue weighted by atomic mass is 16.2. The van der Waals surface area contributed by atoms with Gasteiger partial charge in [-0.3, -0.25) is 14.3 Å². The van der Waals surface area contributed by atoms with Gasteiger partial charge in [0.05, 0.1) is 11.7 Å². The Morgan fingerprint density at radius 2 is 2.00 bits per heavy atom. The molecule has 6 heteroatoms. The van der Waals surface area contributed by atoms with E-state index < -0.39 is 6.04 Å². The molecule has 1 saturated heterocycles. The van der Waals surface area contributed by atoms with E-state index in [1.54, 1.807) is 11.0 Å². The molecule has 0 aliphatic carbocycles. The summed E-state index contributed by atoms with van der Waals surface area (Å²) >= 11 is 0. The molecule has 2 aliphatic rings. The maximum atomic E-state index is 12.7. The van der Waals surface area contributed by atoms with Gasteiger partial charge >= 0.3 is 0 Å². The van der Waals surface area contributed by atoms with E-state index in [0.717, 1.165) is 17.0 Å². The lowest BCUT2D eigenvalue weighted by Gasteiger charge is -2.42. The molecule has 0 saturated carbocycles. The number of likely N-dealkylation sites (tertiary alicyclic amines) is 1. The molecule has 2 aliphatic heterocycles. The Labute approximate surface area is 140 Å². The van der Waals surface area contributed by atoms with Gasteiger partial charge in [0.2, 0.25) is 5.91 Å². The monoisotopic (exact) mass is 324 g/mol. The highest BCUT2D eigenvalue weighted by molar-refractivity contribution is 6.00. The van der Waals surface area contributed by atoms with Crippen LogP contribution in [0, 0.1) is 13.8 Å². The zero-order chi connectivity index (χ0) is 16.8. The Kier molecular flexibility index (Phi) is 3.40. The first kappa shape index (κ1) is 14.9. The average molecular weight is 324 g/mol. The minimum Gasteiger partial charge on any atom is -0.340 e. The molecular formula is C18H20N4O2. The van der Waals surface area contributed by atoms with E-state index in [2.05, 4.69) is 10.4 Å². The Morgan fingerprint density at radius 3 is 2.71 bits per heavy atom. The first-order valence-corrected chi connectivity index (χ1v) is 8.23.